The Kier molecular flexibility index (Phi) is 11.0. The van der Waals surface area contributed by atoms with E-state index in [1.165, 1.54) is 23.1 Å². The number of aliphatic hydroxyl groups is 3. The summed E-state index contributed by atoms with van der Waals surface area (Å²) in [4.78, 5) is 18.6. The number of ketones is 1. The summed E-state index contributed by atoms with van der Waals surface area (Å²) in [6.07, 6.45) is 8.26. The highest BCUT2D eigenvalue weighted by Gasteiger charge is 2.41. The van der Waals surface area contributed by atoms with E-state index in [1.54, 1.807) is 24.3 Å². The Morgan fingerprint density at radius 1 is 1.10 bits per heavy atom. The SMILES string of the molecule is CCOc1ccc2nc(SC3=CC(O)(CCCCOc4ccccc4)/C(=C\C=C/C(O)CCCO)C3=O)sc2c1. The van der Waals surface area contributed by atoms with Crippen LogP contribution in [-0.4, -0.2) is 57.6 Å². The van der Waals surface area contributed by atoms with Gasteiger partial charge in [-0.15, -0.1) is 11.3 Å². The predicted octanol–water partition coefficient (Wildman–Crippen LogP) is 5.85. The first-order chi connectivity index (χ1) is 19.4. The Morgan fingerprint density at radius 2 is 1.93 bits per heavy atom. The first-order valence-corrected chi connectivity index (χ1v) is 15.1. The van der Waals surface area contributed by atoms with Crippen LogP contribution in [0.25, 0.3) is 10.2 Å². The molecule has 0 spiro atoms. The van der Waals surface area contributed by atoms with E-state index in [-0.39, 0.29) is 18.0 Å². The maximum absolute atomic E-state index is 13.5. The van der Waals surface area contributed by atoms with Gasteiger partial charge in [0.15, 0.2) is 10.1 Å². The van der Waals surface area contributed by atoms with Gasteiger partial charge in [0.1, 0.15) is 17.1 Å². The van der Waals surface area contributed by atoms with Crippen molar-refractivity contribution in [1.82, 2.24) is 4.98 Å². The lowest BCUT2D eigenvalue weighted by atomic mass is 9.90. The van der Waals surface area contributed by atoms with Crippen molar-refractivity contribution in [1.29, 1.82) is 0 Å². The molecule has 4 rings (SSSR count). The number of carbonyl (C=O) groups excluding carboxylic acids is 1. The molecule has 0 saturated heterocycles. The molecule has 1 aromatic heterocycles. The molecule has 7 nitrogen and oxygen atoms in total. The number of unbranched alkanes of at least 4 members (excludes halogenated alkanes) is 1. The summed E-state index contributed by atoms with van der Waals surface area (Å²) in [6.45, 7) is 3.02. The molecule has 40 heavy (non-hydrogen) atoms. The van der Waals surface area contributed by atoms with E-state index in [0.717, 1.165) is 21.7 Å². The lowest BCUT2D eigenvalue weighted by Gasteiger charge is -2.22. The molecular formula is C31H35NO6S2. The number of aliphatic hydroxyl groups excluding tert-OH is 2. The third-order valence-corrected chi connectivity index (χ3v) is 8.47. The molecule has 0 saturated carbocycles. The maximum Gasteiger partial charge on any atom is 0.198 e. The minimum atomic E-state index is -1.44. The first-order valence-electron chi connectivity index (χ1n) is 13.5. The maximum atomic E-state index is 13.5. The van der Waals surface area contributed by atoms with Crippen LogP contribution in [0.15, 0.2) is 87.7 Å². The van der Waals surface area contributed by atoms with Crippen molar-refractivity contribution in [3.8, 4) is 11.5 Å². The number of fused-ring (bicyclic) bond motifs is 1. The van der Waals surface area contributed by atoms with Crippen LogP contribution < -0.4 is 9.47 Å². The van der Waals surface area contributed by atoms with Gasteiger partial charge in [0.25, 0.3) is 0 Å². The van der Waals surface area contributed by atoms with Crippen molar-refractivity contribution >= 4 is 39.1 Å². The molecule has 3 aromatic rings. The van der Waals surface area contributed by atoms with E-state index in [0.29, 0.717) is 54.6 Å². The second-order valence-corrected chi connectivity index (χ2v) is 11.7. The second-order valence-electron chi connectivity index (χ2n) is 9.42. The number of aromatic nitrogens is 1. The molecule has 2 aromatic carbocycles. The number of thiazole rings is 1. The topological polar surface area (TPSA) is 109 Å². The largest absolute Gasteiger partial charge is 0.494 e. The van der Waals surface area contributed by atoms with Gasteiger partial charge in [-0.3, -0.25) is 4.79 Å². The zero-order chi connectivity index (χ0) is 28.4. The lowest BCUT2D eigenvalue weighted by molar-refractivity contribution is -0.112. The lowest BCUT2D eigenvalue weighted by Crippen LogP contribution is -2.28. The number of para-hydroxylation sites is 1. The van der Waals surface area contributed by atoms with Crippen molar-refractivity contribution in [2.75, 3.05) is 19.8 Å². The zero-order valence-corrected chi connectivity index (χ0v) is 24.1. The fourth-order valence-electron chi connectivity index (χ4n) is 4.35. The Morgan fingerprint density at radius 3 is 2.70 bits per heavy atom. The van der Waals surface area contributed by atoms with Crippen LogP contribution in [0, 0.1) is 0 Å². The summed E-state index contributed by atoms with van der Waals surface area (Å²) in [6, 6.07) is 15.3. The van der Waals surface area contributed by atoms with E-state index < -0.39 is 11.7 Å². The Balaban J connectivity index is 1.48. The average molecular weight is 582 g/mol. The van der Waals surface area contributed by atoms with Gasteiger partial charge in [-0.25, -0.2) is 4.98 Å². The molecule has 0 aliphatic heterocycles. The molecule has 3 N–H and O–H groups in total. The molecule has 0 amide bonds. The number of hydrogen-bond donors (Lipinski definition) is 3. The minimum Gasteiger partial charge on any atom is -0.494 e. The van der Waals surface area contributed by atoms with E-state index >= 15 is 0 Å². The van der Waals surface area contributed by atoms with Gasteiger partial charge in [0.05, 0.1) is 34.4 Å². The number of carbonyl (C=O) groups is 1. The Bertz CT molecular complexity index is 1370. The van der Waals surface area contributed by atoms with E-state index in [1.807, 2.05) is 55.5 Å². The van der Waals surface area contributed by atoms with Crippen LogP contribution in [0.5, 0.6) is 11.5 Å². The van der Waals surface area contributed by atoms with Gasteiger partial charge in [-0.2, -0.15) is 0 Å². The minimum absolute atomic E-state index is 0.00141. The van der Waals surface area contributed by atoms with Gasteiger partial charge in [-0.1, -0.05) is 48.2 Å². The number of hydrogen-bond acceptors (Lipinski definition) is 9. The van der Waals surface area contributed by atoms with Crippen molar-refractivity contribution in [2.24, 2.45) is 0 Å². The summed E-state index contributed by atoms with van der Waals surface area (Å²) < 4.78 is 13.0. The standard InChI is InChI=1S/C31H35NO6S2/c1-2-37-24-15-16-26-27(20-24)39-30(32-26)40-28-21-31(36,17-6-7-19-38-23-12-4-3-5-13-23)25(29(28)35)14-8-10-22(34)11-9-18-33/h3-5,8,10,12-16,20-22,33-34,36H,2,6-7,9,11,17-19H2,1H3/b10-8-,25-14-. The van der Waals surface area contributed by atoms with Crippen LogP contribution in [0.1, 0.15) is 39.0 Å². The van der Waals surface area contributed by atoms with Crippen LogP contribution in [0.3, 0.4) is 0 Å². The smallest absolute Gasteiger partial charge is 0.198 e. The van der Waals surface area contributed by atoms with Gasteiger partial charge >= 0.3 is 0 Å². The number of Topliss-reactive ketones (excluding diaryl/α,β-unsaturated/α-hetero) is 1. The highest BCUT2D eigenvalue weighted by Crippen LogP contribution is 2.44. The predicted molar refractivity (Wildman–Crippen MR) is 160 cm³/mol. The molecule has 0 radical (unpaired) electrons. The molecule has 2 atom stereocenters. The third kappa shape index (κ3) is 8.05. The fourth-order valence-corrected chi connectivity index (χ4v) is 6.57. The number of rotatable bonds is 15. The van der Waals surface area contributed by atoms with Gasteiger partial charge in [0.2, 0.25) is 0 Å². The van der Waals surface area contributed by atoms with Gasteiger partial charge < -0.3 is 24.8 Å². The molecule has 0 fully saturated rings. The van der Waals surface area contributed by atoms with Crippen LogP contribution in [-0.2, 0) is 4.79 Å². The van der Waals surface area contributed by atoms with Crippen LogP contribution in [0.2, 0.25) is 0 Å². The van der Waals surface area contributed by atoms with Crippen LogP contribution >= 0.6 is 23.1 Å². The normalized spacial score (nSPS) is 19.1. The molecule has 1 heterocycles. The van der Waals surface area contributed by atoms with Crippen LogP contribution in [0.4, 0.5) is 0 Å². The number of thioether (sulfide) groups is 1. The van der Waals surface area contributed by atoms with Crippen molar-refractivity contribution < 1.29 is 29.6 Å². The quantitative estimate of drug-likeness (QED) is 0.152. The summed E-state index contributed by atoms with van der Waals surface area (Å²) in [5.74, 6) is 1.32. The molecular weight excluding hydrogens is 546 g/mol. The molecule has 9 heteroatoms. The van der Waals surface area contributed by atoms with Crippen molar-refractivity contribution in [2.45, 2.75) is 55.1 Å². The molecule has 212 valence electrons. The number of benzene rings is 2. The molecule has 2 unspecified atom stereocenters. The van der Waals surface area contributed by atoms with Gasteiger partial charge in [0, 0.05) is 12.2 Å². The summed E-state index contributed by atoms with van der Waals surface area (Å²) in [7, 11) is 0. The Labute approximate surface area is 242 Å². The number of nitrogens with zero attached hydrogens (tertiary/aromatic N) is 1. The summed E-state index contributed by atoms with van der Waals surface area (Å²) >= 11 is 2.73. The van der Waals surface area contributed by atoms with E-state index in [9.17, 15) is 15.0 Å². The zero-order valence-electron chi connectivity index (χ0n) is 22.5. The molecule has 1 aliphatic carbocycles. The highest BCUT2D eigenvalue weighted by molar-refractivity contribution is 8.05. The number of allylic oxidation sites excluding steroid dienone is 3. The highest BCUT2D eigenvalue weighted by atomic mass is 32.2. The second kappa shape index (κ2) is 14.6. The number of ether oxygens (including phenoxy) is 2. The first kappa shape index (κ1) is 30.0. The summed E-state index contributed by atoms with van der Waals surface area (Å²) in [5, 5.41) is 30.7. The fraction of sp³-hybridized carbons (Fsp3) is 0.355. The Hall–Kier alpha value is -2.95. The van der Waals surface area contributed by atoms with E-state index in [4.69, 9.17) is 14.6 Å². The average Bonchev–Trinajstić information content (AvgIpc) is 3.45. The van der Waals surface area contributed by atoms with E-state index in [2.05, 4.69) is 4.98 Å². The molecule has 0 bridgehead atoms. The molecule has 1 aliphatic rings. The van der Waals surface area contributed by atoms with Gasteiger partial charge in [-0.05, 0) is 75.4 Å². The monoisotopic (exact) mass is 581 g/mol. The van der Waals surface area contributed by atoms with Crippen molar-refractivity contribution in [3.63, 3.8) is 0 Å². The third-order valence-electron chi connectivity index (χ3n) is 6.37. The summed E-state index contributed by atoms with van der Waals surface area (Å²) in [5.41, 5.74) is -0.346. The van der Waals surface area contributed by atoms with Crippen molar-refractivity contribution in [3.05, 3.63) is 83.3 Å².